The van der Waals surface area contributed by atoms with E-state index in [1.165, 1.54) is 6.20 Å². The van der Waals surface area contributed by atoms with Crippen molar-refractivity contribution in [2.24, 2.45) is 5.73 Å². The summed E-state index contributed by atoms with van der Waals surface area (Å²) in [4.78, 5) is 21.2. The molecule has 16 heavy (non-hydrogen) atoms. The Hall–Kier alpha value is -1.69. The van der Waals surface area contributed by atoms with Gasteiger partial charge in [0.25, 0.3) is 5.91 Å². The fourth-order valence-corrected chi connectivity index (χ4v) is 1.78. The largest absolute Gasteiger partial charge is 0.364 e. The van der Waals surface area contributed by atoms with Crippen LogP contribution in [0.15, 0.2) is 12.4 Å². The van der Waals surface area contributed by atoms with Gasteiger partial charge < -0.3 is 16.0 Å². The molecule has 0 aliphatic carbocycles. The predicted octanol–water partition coefficient (Wildman–Crippen LogP) is -0.626. The minimum Gasteiger partial charge on any atom is -0.364 e. The summed E-state index contributed by atoms with van der Waals surface area (Å²) in [5.74, 6) is 0.242. The summed E-state index contributed by atoms with van der Waals surface area (Å²) in [5, 5.41) is 3.30. The van der Waals surface area contributed by atoms with Crippen molar-refractivity contribution in [2.75, 3.05) is 24.5 Å². The van der Waals surface area contributed by atoms with Gasteiger partial charge in [0.15, 0.2) is 0 Å². The molecule has 1 aliphatic heterocycles. The molecule has 0 aromatic carbocycles. The second-order valence-electron chi connectivity index (χ2n) is 3.87. The first-order valence-corrected chi connectivity index (χ1v) is 5.27. The summed E-state index contributed by atoms with van der Waals surface area (Å²) in [6.07, 6.45) is 3.02. The van der Waals surface area contributed by atoms with Crippen LogP contribution in [0.5, 0.6) is 0 Å². The number of nitrogens with one attached hydrogen (secondary N) is 1. The molecule has 0 unspecified atom stereocenters. The Kier molecular flexibility index (Phi) is 3.00. The lowest BCUT2D eigenvalue weighted by Crippen LogP contribution is -2.50. The van der Waals surface area contributed by atoms with Gasteiger partial charge in [-0.05, 0) is 6.92 Å². The molecule has 1 atom stereocenters. The van der Waals surface area contributed by atoms with E-state index in [1.54, 1.807) is 6.20 Å². The lowest BCUT2D eigenvalue weighted by Gasteiger charge is -2.34. The van der Waals surface area contributed by atoms with Gasteiger partial charge >= 0.3 is 0 Å². The highest BCUT2D eigenvalue weighted by molar-refractivity contribution is 5.90. The molecule has 3 N–H and O–H groups in total. The number of hydrogen-bond donors (Lipinski definition) is 2. The molecule has 0 radical (unpaired) electrons. The number of amides is 1. The Bertz CT molecular complexity index is 377. The molecular weight excluding hydrogens is 206 g/mol. The van der Waals surface area contributed by atoms with Gasteiger partial charge in [0.2, 0.25) is 0 Å². The molecule has 2 rings (SSSR count). The third-order valence-electron chi connectivity index (χ3n) is 2.69. The Morgan fingerprint density at radius 3 is 2.94 bits per heavy atom. The summed E-state index contributed by atoms with van der Waals surface area (Å²) < 4.78 is 0. The van der Waals surface area contributed by atoms with Gasteiger partial charge in [0.1, 0.15) is 11.5 Å². The zero-order valence-corrected chi connectivity index (χ0v) is 9.18. The summed E-state index contributed by atoms with van der Waals surface area (Å²) in [6.45, 7) is 4.88. The van der Waals surface area contributed by atoms with Crippen molar-refractivity contribution >= 4 is 11.7 Å². The number of hydrogen-bond acceptors (Lipinski definition) is 5. The maximum atomic E-state index is 10.8. The summed E-state index contributed by atoms with van der Waals surface area (Å²) in [5.41, 5.74) is 5.31. The van der Waals surface area contributed by atoms with Crippen molar-refractivity contribution in [1.82, 2.24) is 15.3 Å². The zero-order valence-electron chi connectivity index (χ0n) is 9.18. The van der Waals surface area contributed by atoms with E-state index in [0.717, 1.165) is 25.5 Å². The quantitative estimate of drug-likeness (QED) is 0.695. The van der Waals surface area contributed by atoms with Crippen molar-refractivity contribution in [3.63, 3.8) is 0 Å². The van der Waals surface area contributed by atoms with Crippen LogP contribution in [0.25, 0.3) is 0 Å². The molecule has 0 spiro atoms. The normalized spacial score (nSPS) is 20.8. The predicted molar refractivity (Wildman–Crippen MR) is 60.2 cm³/mol. The van der Waals surface area contributed by atoms with E-state index in [4.69, 9.17) is 5.73 Å². The van der Waals surface area contributed by atoms with E-state index >= 15 is 0 Å². The highest BCUT2D eigenvalue weighted by Crippen LogP contribution is 2.13. The monoisotopic (exact) mass is 221 g/mol. The Morgan fingerprint density at radius 2 is 2.38 bits per heavy atom. The molecule has 1 aromatic rings. The highest BCUT2D eigenvalue weighted by atomic mass is 16.1. The van der Waals surface area contributed by atoms with Gasteiger partial charge in [-0.25, -0.2) is 9.97 Å². The SMILES string of the molecule is C[C@@H]1CNCCN1c1cnc(C(N)=O)cn1. The third-order valence-corrected chi connectivity index (χ3v) is 2.69. The average molecular weight is 221 g/mol. The molecule has 86 valence electrons. The van der Waals surface area contributed by atoms with Gasteiger partial charge in [0.05, 0.1) is 12.4 Å². The fourth-order valence-electron chi connectivity index (χ4n) is 1.78. The molecule has 2 heterocycles. The van der Waals surface area contributed by atoms with Crippen LogP contribution >= 0.6 is 0 Å². The first kappa shape index (κ1) is 10.8. The standard InChI is InChI=1S/C10H15N5O/c1-7-4-12-2-3-15(7)9-6-13-8(5-14-9)10(11)16/h5-7,12H,2-4H2,1H3,(H2,11,16)/t7-/m1/s1. The van der Waals surface area contributed by atoms with Crippen LogP contribution in [0.3, 0.4) is 0 Å². The summed E-state index contributed by atoms with van der Waals surface area (Å²) >= 11 is 0. The summed E-state index contributed by atoms with van der Waals surface area (Å²) in [7, 11) is 0. The second kappa shape index (κ2) is 4.44. The van der Waals surface area contributed by atoms with Crippen LogP contribution in [0.1, 0.15) is 17.4 Å². The number of piperazine rings is 1. The molecule has 1 aliphatic rings. The van der Waals surface area contributed by atoms with Crippen LogP contribution in [-0.2, 0) is 0 Å². The van der Waals surface area contributed by atoms with Crippen LogP contribution in [-0.4, -0.2) is 41.6 Å². The molecule has 0 saturated carbocycles. The van der Waals surface area contributed by atoms with Crippen LogP contribution in [0, 0.1) is 0 Å². The molecule has 6 nitrogen and oxygen atoms in total. The van der Waals surface area contributed by atoms with E-state index in [2.05, 4.69) is 27.1 Å². The van der Waals surface area contributed by atoms with Gasteiger partial charge in [0, 0.05) is 25.7 Å². The zero-order chi connectivity index (χ0) is 11.5. The highest BCUT2D eigenvalue weighted by Gasteiger charge is 2.19. The van der Waals surface area contributed by atoms with Gasteiger partial charge in [-0.3, -0.25) is 4.79 Å². The van der Waals surface area contributed by atoms with Crippen molar-refractivity contribution < 1.29 is 4.79 Å². The molecule has 1 fully saturated rings. The number of anilines is 1. The van der Waals surface area contributed by atoms with Crippen LogP contribution in [0.2, 0.25) is 0 Å². The Balaban J connectivity index is 2.17. The summed E-state index contributed by atoms with van der Waals surface area (Å²) in [6, 6.07) is 0.377. The second-order valence-corrected chi connectivity index (χ2v) is 3.87. The average Bonchev–Trinajstić information content (AvgIpc) is 2.30. The lowest BCUT2D eigenvalue weighted by molar-refractivity contribution is 0.0995. The van der Waals surface area contributed by atoms with Crippen molar-refractivity contribution in [2.45, 2.75) is 13.0 Å². The van der Waals surface area contributed by atoms with Crippen LogP contribution in [0.4, 0.5) is 5.82 Å². The first-order chi connectivity index (χ1) is 7.68. The van der Waals surface area contributed by atoms with Gasteiger partial charge in [-0.15, -0.1) is 0 Å². The molecule has 0 bridgehead atoms. The maximum absolute atomic E-state index is 10.8. The number of nitrogens with zero attached hydrogens (tertiary/aromatic N) is 3. The fraction of sp³-hybridized carbons (Fsp3) is 0.500. The van der Waals surface area contributed by atoms with Crippen molar-refractivity contribution in [3.05, 3.63) is 18.1 Å². The van der Waals surface area contributed by atoms with Gasteiger partial charge in [-0.2, -0.15) is 0 Å². The smallest absolute Gasteiger partial charge is 0.268 e. The number of rotatable bonds is 2. The topological polar surface area (TPSA) is 84.1 Å². The lowest BCUT2D eigenvalue weighted by atomic mass is 10.2. The van der Waals surface area contributed by atoms with E-state index in [0.29, 0.717) is 6.04 Å². The van der Waals surface area contributed by atoms with Crippen LogP contribution < -0.4 is 16.0 Å². The molecule has 1 amide bonds. The molecule has 1 aromatic heterocycles. The Morgan fingerprint density at radius 1 is 1.56 bits per heavy atom. The Labute approximate surface area is 93.9 Å². The maximum Gasteiger partial charge on any atom is 0.268 e. The number of carbonyl (C=O) groups is 1. The van der Waals surface area contributed by atoms with Crippen molar-refractivity contribution in [1.29, 1.82) is 0 Å². The van der Waals surface area contributed by atoms with E-state index in [9.17, 15) is 4.79 Å². The van der Waals surface area contributed by atoms with Crippen molar-refractivity contribution in [3.8, 4) is 0 Å². The number of nitrogens with two attached hydrogens (primary N) is 1. The third kappa shape index (κ3) is 2.11. The van der Waals surface area contributed by atoms with Gasteiger partial charge in [-0.1, -0.05) is 0 Å². The number of carbonyl (C=O) groups excluding carboxylic acids is 1. The van der Waals surface area contributed by atoms with E-state index in [-0.39, 0.29) is 5.69 Å². The van der Waals surface area contributed by atoms with E-state index < -0.39 is 5.91 Å². The number of aromatic nitrogens is 2. The minimum atomic E-state index is -0.549. The minimum absolute atomic E-state index is 0.200. The molecule has 1 saturated heterocycles. The molecular formula is C10H15N5O. The number of primary amides is 1. The van der Waals surface area contributed by atoms with E-state index in [1.807, 2.05) is 0 Å². The first-order valence-electron chi connectivity index (χ1n) is 5.27. The molecule has 6 heteroatoms.